The summed E-state index contributed by atoms with van der Waals surface area (Å²) in [5.74, 6) is -0.216. The van der Waals surface area contributed by atoms with Crippen molar-refractivity contribution in [1.29, 1.82) is 0 Å². The van der Waals surface area contributed by atoms with Crippen molar-refractivity contribution in [2.75, 3.05) is 5.32 Å². The predicted octanol–water partition coefficient (Wildman–Crippen LogP) is 3.59. The van der Waals surface area contributed by atoms with E-state index in [2.05, 4.69) is 22.2 Å². The smallest absolute Gasteiger partial charge is 0.274 e. The van der Waals surface area contributed by atoms with Crippen LogP contribution in [-0.4, -0.2) is 20.3 Å². The molecule has 1 amide bonds. The number of anilines is 1. The second-order valence-corrected chi connectivity index (χ2v) is 5.36. The monoisotopic (exact) mass is 314 g/mol. The van der Waals surface area contributed by atoms with Gasteiger partial charge in [0.2, 0.25) is 0 Å². The standard InChI is InChI=1S/C16H15ClN4O/c1-2-4-13-15(16(22)19-12-5-3-8-18-9-12)21-10-11(17)6-7-14(21)20-13/h3,5-10H,2,4H2,1H3,(H,19,22). The van der Waals surface area contributed by atoms with Crippen LogP contribution in [0.3, 0.4) is 0 Å². The molecule has 6 heteroatoms. The van der Waals surface area contributed by atoms with Crippen LogP contribution in [0.5, 0.6) is 0 Å². The summed E-state index contributed by atoms with van der Waals surface area (Å²) in [6, 6.07) is 7.14. The van der Waals surface area contributed by atoms with Crippen molar-refractivity contribution in [2.24, 2.45) is 0 Å². The molecule has 0 saturated carbocycles. The van der Waals surface area contributed by atoms with Crippen LogP contribution in [-0.2, 0) is 6.42 Å². The molecule has 3 aromatic rings. The molecule has 0 aliphatic rings. The quantitative estimate of drug-likeness (QED) is 0.800. The summed E-state index contributed by atoms with van der Waals surface area (Å²) in [6.07, 6.45) is 6.61. The van der Waals surface area contributed by atoms with E-state index in [1.54, 1.807) is 41.2 Å². The average molecular weight is 315 g/mol. The number of imidazole rings is 1. The number of fused-ring (bicyclic) bond motifs is 1. The molecule has 0 bridgehead atoms. The first-order valence-corrected chi connectivity index (χ1v) is 7.44. The van der Waals surface area contributed by atoms with Gasteiger partial charge in [-0.05, 0) is 30.7 Å². The first-order valence-electron chi connectivity index (χ1n) is 7.07. The van der Waals surface area contributed by atoms with Crippen LogP contribution >= 0.6 is 11.6 Å². The first-order chi connectivity index (χ1) is 10.7. The number of carbonyl (C=O) groups excluding carboxylic acids is 1. The van der Waals surface area contributed by atoms with Crippen molar-refractivity contribution in [3.8, 4) is 0 Å². The summed E-state index contributed by atoms with van der Waals surface area (Å²) >= 11 is 6.05. The van der Waals surface area contributed by atoms with Crippen molar-refractivity contribution < 1.29 is 4.79 Å². The number of hydrogen-bond donors (Lipinski definition) is 1. The van der Waals surface area contributed by atoms with Crippen LogP contribution in [0.1, 0.15) is 29.5 Å². The van der Waals surface area contributed by atoms with Gasteiger partial charge >= 0.3 is 0 Å². The number of pyridine rings is 2. The minimum Gasteiger partial charge on any atom is -0.319 e. The summed E-state index contributed by atoms with van der Waals surface area (Å²) in [6.45, 7) is 2.06. The normalized spacial score (nSPS) is 10.8. The van der Waals surface area contributed by atoms with E-state index in [-0.39, 0.29) is 5.91 Å². The van der Waals surface area contributed by atoms with Crippen LogP contribution in [0.25, 0.3) is 5.65 Å². The maximum Gasteiger partial charge on any atom is 0.274 e. The van der Waals surface area contributed by atoms with Crippen LogP contribution in [0.4, 0.5) is 5.69 Å². The van der Waals surface area contributed by atoms with E-state index in [1.165, 1.54) is 0 Å². The largest absolute Gasteiger partial charge is 0.319 e. The Hall–Kier alpha value is -2.40. The molecule has 1 N–H and O–H groups in total. The van der Waals surface area contributed by atoms with Gasteiger partial charge in [0.1, 0.15) is 11.3 Å². The maximum absolute atomic E-state index is 12.7. The highest BCUT2D eigenvalue weighted by molar-refractivity contribution is 6.30. The lowest BCUT2D eigenvalue weighted by Crippen LogP contribution is -2.16. The van der Waals surface area contributed by atoms with Crippen molar-refractivity contribution in [3.05, 3.63) is 59.3 Å². The number of rotatable bonds is 4. The fourth-order valence-electron chi connectivity index (χ4n) is 2.35. The van der Waals surface area contributed by atoms with Crippen LogP contribution in [0, 0.1) is 0 Å². The fourth-order valence-corrected chi connectivity index (χ4v) is 2.51. The molecule has 0 atom stereocenters. The lowest BCUT2D eigenvalue weighted by atomic mass is 10.2. The number of nitrogens with zero attached hydrogens (tertiary/aromatic N) is 3. The molecule has 3 rings (SSSR count). The Bertz CT molecular complexity index is 814. The third-order valence-electron chi connectivity index (χ3n) is 3.28. The highest BCUT2D eigenvalue weighted by Crippen LogP contribution is 2.19. The molecule has 5 nitrogen and oxygen atoms in total. The van der Waals surface area contributed by atoms with Gasteiger partial charge in [-0.25, -0.2) is 4.98 Å². The number of amides is 1. The molecule has 112 valence electrons. The van der Waals surface area contributed by atoms with Gasteiger partial charge < -0.3 is 5.32 Å². The van der Waals surface area contributed by atoms with Crippen molar-refractivity contribution in [3.63, 3.8) is 0 Å². The Morgan fingerprint density at radius 2 is 2.23 bits per heavy atom. The highest BCUT2D eigenvalue weighted by Gasteiger charge is 2.19. The second kappa shape index (κ2) is 6.15. The molecular weight excluding hydrogens is 300 g/mol. The van der Waals surface area contributed by atoms with Gasteiger partial charge in [-0.1, -0.05) is 24.9 Å². The van der Waals surface area contributed by atoms with Gasteiger partial charge in [0.15, 0.2) is 0 Å². The number of aromatic nitrogens is 3. The molecule has 3 heterocycles. The van der Waals surface area contributed by atoms with Gasteiger partial charge in [0, 0.05) is 12.4 Å². The zero-order chi connectivity index (χ0) is 15.5. The number of hydrogen-bond acceptors (Lipinski definition) is 3. The van der Waals surface area contributed by atoms with Crippen molar-refractivity contribution in [1.82, 2.24) is 14.4 Å². The minimum atomic E-state index is -0.216. The van der Waals surface area contributed by atoms with Crippen molar-refractivity contribution in [2.45, 2.75) is 19.8 Å². The third kappa shape index (κ3) is 2.80. The van der Waals surface area contributed by atoms with E-state index in [4.69, 9.17) is 11.6 Å². The number of nitrogens with one attached hydrogen (secondary N) is 1. The van der Waals surface area contributed by atoms with Gasteiger partial charge in [-0.2, -0.15) is 0 Å². The van der Waals surface area contributed by atoms with Gasteiger partial charge in [0.25, 0.3) is 5.91 Å². The summed E-state index contributed by atoms with van der Waals surface area (Å²) in [4.78, 5) is 21.2. The van der Waals surface area contributed by atoms with E-state index >= 15 is 0 Å². The molecule has 0 saturated heterocycles. The summed E-state index contributed by atoms with van der Waals surface area (Å²) < 4.78 is 1.74. The topological polar surface area (TPSA) is 59.3 Å². The minimum absolute atomic E-state index is 0.216. The molecule has 0 unspecified atom stereocenters. The van der Waals surface area contributed by atoms with E-state index in [0.29, 0.717) is 22.1 Å². The Morgan fingerprint density at radius 3 is 2.95 bits per heavy atom. The van der Waals surface area contributed by atoms with Gasteiger partial charge in [0.05, 0.1) is 22.6 Å². The summed E-state index contributed by atoms with van der Waals surface area (Å²) in [5.41, 5.74) is 2.64. The Kier molecular flexibility index (Phi) is 4.06. The first kappa shape index (κ1) is 14.5. The Labute approximate surface area is 133 Å². The van der Waals surface area contributed by atoms with E-state index in [9.17, 15) is 4.79 Å². The molecular formula is C16H15ClN4O. The summed E-state index contributed by atoms with van der Waals surface area (Å²) in [5, 5.41) is 3.41. The van der Waals surface area contributed by atoms with Gasteiger partial charge in [-0.15, -0.1) is 0 Å². The highest BCUT2D eigenvalue weighted by atomic mass is 35.5. The number of aryl methyl sites for hydroxylation is 1. The van der Waals surface area contributed by atoms with E-state index < -0.39 is 0 Å². The molecule has 0 aliphatic carbocycles. The molecule has 0 fully saturated rings. The average Bonchev–Trinajstić information content (AvgIpc) is 2.86. The SMILES string of the molecule is CCCc1nc2ccc(Cl)cn2c1C(=O)Nc1cccnc1. The zero-order valence-electron chi connectivity index (χ0n) is 12.1. The number of halogens is 1. The molecule has 3 aromatic heterocycles. The second-order valence-electron chi connectivity index (χ2n) is 4.93. The predicted molar refractivity (Wildman–Crippen MR) is 86.4 cm³/mol. The number of carbonyl (C=O) groups is 1. The van der Waals surface area contributed by atoms with Gasteiger partial charge in [-0.3, -0.25) is 14.2 Å². The molecule has 0 aromatic carbocycles. The van der Waals surface area contributed by atoms with Crippen LogP contribution in [0.15, 0.2) is 42.9 Å². The lowest BCUT2D eigenvalue weighted by molar-refractivity contribution is 0.102. The Morgan fingerprint density at radius 1 is 1.36 bits per heavy atom. The lowest BCUT2D eigenvalue weighted by Gasteiger charge is -2.06. The molecule has 22 heavy (non-hydrogen) atoms. The van der Waals surface area contributed by atoms with Crippen LogP contribution < -0.4 is 5.32 Å². The van der Waals surface area contributed by atoms with Crippen molar-refractivity contribution >= 4 is 28.8 Å². The van der Waals surface area contributed by atoms with E-state index in [0.717, 1.165) is 18.5 Å². The molecule has 0 radical (unpaired) electrons. The Balaban J connectivity index is 2.05. The zero-order valence-corrected chi connectivity index (χ0v) is 12.8. The third-order valence-corrected chi connectivity index (χ3v) is 3.50. The fraction of sp³-hybridized carbons (Fsp3) is 0.188. The van der Waals surface area contributed by atoms with Crippen LogP contribution in [0.2, 0.25) is 5.02 Å². The molecule has 0 spiro atoms. The molecule has 0 aliphatic heterocycles. The maximum atomic E-state index is 12.7. The summed E-state index contributed by atoms with van der Waals surface area (Å²) in [7, 11) is 0. The van der Waals surface area contributed by atoms with E-state index in [1.807, 2.05) is 6.07 Å².